The molecular weight excluding hydrogens is 232 g/mol. The van der Waals surface area contributed by atoms with Crippen LogP contribution in [0.25, 0.3) is 0 Å². The second kappa shape index (κ2) is 4.25. The summed E-state index contributed by atoms with van der Waals surface area (Å²) >= 11 is 0. The number of carboxylic acids is 1. The van der Waals surface area contributed by atoms with Crippen LogP contribution >= 0.6 is 0 Å². The lowest BCUT2D eigenvalue weighted by Crippen LogP contribution is -2.51. The maximum Gasteiger partial charge on any atom is 0.317 e. The van der Waals surface area contributed by atoms with Gasteiger partial charge in [0.25, 0.3) is 0 Å². The predicted molar refractivity (Wildman–Crippen MR) is 66.0 cm³/mol. The third kappa shape index (κ3) is 2.13. The molecule has 0 aromatic heterocycles. The fourth-order valence-electron chi connectivity index (χ4n) is 3.84. The molecule has 0 heterocycles. The first kappa shape index (κ1) is 13.4. The fraction of sp³-hybridized carbons (Fsp3) is 0.857. The van der Waals surface area contributed by atoms with E-state index in [1.165, 1.54) is 6.42 Å². The molecule has 3 unspecified atom stereocenters. The Kier molecular flexibility index (Phi) is 3.16. The van der Waals surface area contributed by atoms with E-state index in [9.17, 15) is 9.59 Å². The van der Waals surface area contributed by atoms with Crippen molar-refractivity contribution < 1.29 is 19.4 Å². The molecule has 4 nitrogen and oxygen atoms in total. The maximum atomic E-state index is 11.7. The molecule has 3 atom stereocenters. The van der Waals surface area contributed by atoms with Crippen LogP contribution in [-0.2, 0) is 14.3 Å². The van der Waals surface area contributed by atoms with Crippen LogP contribution in [0.1, 0.15) is 52.9 Å². The van der Waals surface area contributed by atoms with Crippen LogP contribution in [0.2, 0.25) is 0 Å². The highest BCUT2D eigenvalue weighted by Crippen LogP contribution is 2.59. The van der Waals surface area contributed by atoms with Gasteiger partial charge in [0, 0.05) is 5.41 Å². The van der Waals surface area contributed by atoms with E-state index in [-0.39, 0.29) is 5.41 Å². The third-order valence-corrected chi connectivity index (χ3v) is 4.65. The molecule has 2 fully saturated rings. The Bertz CT molecular complexity index is 368. The van der Waals surface area contributed by atoms with Gasteiger partial charge in [0.15, 0.2) is 0 Å². The highest BCUT2D eigenvalue weighted by atomic mass is 16.6. The molecule has 0 spiro atoms. The average molecular weight is 254 g/mol. The van der Waals surface area contributed by atoms with Gasteiger partial charge in [-0.1, -0.05) is 20.8 Å². The van der Waals surface area contributed by atoms with Crippen LogP contribution in [0, 0.1) is 17.3 Å². The average Bonchev–Trinajstić information content (AvgIpc) is 2.74. The lowest BCUT2D eigenvalue weighted by molar-refractivity contribution is -0.185. The highest BCUT2D eigenvalue weighted by Gasteiger charge is 2.59. The number of ether oxygens (including phenoxy) is 1. The number of carbonyl (C=O) groups is 2. The molecule has 2 aliphatic rings. The van der Waals surface area contributed by atoms with E-state index in [1.807, 2.05) is 0 Å². The van der Waals surface area contributed by atoms with Gasteiger partial charge >= 0.3 is 11.9 Å². The Balaban J connectivity index is 2.17. The van der Waals surface area contributed by atoms with Gasteiger partial charge in [0.05, 0.1) is 0 Å². The molecule has 2 bridgehead atoms. The van der Waals surface area contributed by atoms with Crippen molar-refractivity contribution in [2.24, 2.45) is 17.3 Å². The summed E-state index contributed by atoms with van der Waals surface area (Å²) in [6.45, 7) is 6.26. The number of hydrogen-bond donors (Lipinski definition) is 1. The van der Waals surface area contributed by atoms with E-state index in [4.69, 9.17) is 9.84 Å². The summed E-state index contributed by atoms with van der Waals surface area (Å²) in [5, 5.41) is 8.68. The van der Waals surface area contributed by atoms with Crippen molar-refractivity contribution in [1.29, 1.82) is 0 Å². The Labute approximate surface area is 108 Å². The monoisotopic (exact) mass is 254 g/mol. The topological polar surface area (TPSA) is 63.6 Å². The Hall–Kier alpha value is -1.06. The van der Waals surface area contributed by atoms with Crippen LogP contribution in [0.5, 0.6) is 0 Å². The minimum absolute atomic E-state index is 0.138. The minimum atomic E-state index is -1.12. The molecular formula is C14H22O4. The van der Waals surface area contributed by atoms with Crippen molar-refractivity contribution in [2.75, 3.05) is 0 Å². The smallest absolute Gasteiger partial charge is 0.317 e. The van der Waals surface area contributed by atoms with Crippen LogP contribution in [-0.4, -0.2) is 22.6 Å². The second-order valence-corrected chi connectivity index (χ2v) is 6.76. The first-order valence-electron chi connectivity index (χ1n) is 6.68. The van der Waals surface area contributed by atoms with Gasteiger partial charge in [-0.05, 0) is 37.5 Å². The number of aliphatic carboxylic acids is 1. The quantitative estimate of drug-likeness (QED) is 0.621. The van der Waals surface area contributed by atoms with Crippen molar-refractivity contribution >= 4 is 11.9 Å². The van der Waals surface area contributed by atoms with Crippen LogP contribution in [0.4, 0.5) is 0 Å². The predicted octanol–water partition coefficient (Wildman–Crippen LogP) is 2.61. The number of esters is 1. The molecule has 0 radical (unpaired) electrons. The minimum Gasteiger partial charge on any atom is -0.481 e. The normalized spacial score (nSPS) is 34.6. The molecule has 0 aromatic rings. The summed E-state index contributed by atoms with van der Waals surface area (Å²) in [5.74, 6) is -0.663. The van der Waals surface area contributed by atoms with E-state index in [0.717, 1.165) is 19.3 Å². The van der Waals surface area contributed by atoms with Crippen molar-refractivity contribution in [3.63, 3.8) is 0 Å². The van der Waals surface area contributed by atoms with Crippen molar-refractivity contribution in [1.82, 2.24) is 0 Å². The number of rotatable bonds is 3. The summed E-state index contributed by atoms with van der Waals surface area (Å²) in [6.07, 6.45) is 3.81. The van der Waals surface area contributed by atoms with Crippen LogP contribution < -0.4 is 0 Å². The third-order valence-electron chi connectivity index (χ3n) is 4.65. The van der Waals surface area contributed by atoms with Crippen LogP contribution in [0.3, 0.4) is 0 Å². The molecule has 102 valence electrons. The van der Waals surface area contributed by atoms with E-state index < -0.39 is 24.0 Å². The van der Waals surface area contributed by atoms with Gasteiger partial charge in [-0.3, -0.25) is 9.59 Å². The summed E-state index contributed by atoms with van der Waals surface area (Å²) in [7, 11) is 0. The first-order valence-corrected chi connectivity index (χ1v) is 6.68. The Morgan fingerprint density at radius 1 is 1.33 bits per heavy atom. The number of carbonyl (C=O) groups excluding carboxylic acids is 1. The van der Waals surface area contributed by atoms with Crippen molar-refractivity contribution in [3.8, 4) is 0 Å². The Morgan fingerprint density at radius 3 is 2.39 bits per heavy atom. The fourth-order valence-corrected chi connectivity index (χ4v) is 3.84. The zero-order valence-corrected chi connectivity index (χ0v) is 11.4. The summed E-state index contributed by atoms with van der Waals surface area (Å²) < 4.78 is 5.69. The van der Waals surface area contributed by atoms with Crippen molar-refractivity contribution in [3.05, 3.63) is 0 Å². The van der Waals surface area contributed by atoms with Gasteiger partial charge < -0.3 is 9.84 Å². The molecule has 0 aromatic carbocycles. The van der Waals surface area contributed by atoms with E-state index in [0.29, 0.717) is 11.8 Å². The van der Waals surface area contributed by atoms with Gasteiger partial charge in [-0.25, -0.2) is 0 Å². The number of carboxylic acid groups (broad SMARTS) is 1. The van der Waals surface area contributed by atoms with Crippen molar-refractivity contribution in [2.45, 2.75) is 58.5 Å². The van der Waals surface area contributed by atoms with E-state index >= 15 is 0 Å². The lowest BCUT2D eigenvalue weighted by Gasteiger charge is -2.47. The molecule has 2 saturated carbocycles. The van der Waals surface area contributed by atoms with E-state index in [2.05, 4.69) is 20.8 Å². The highest BCUT2D eigenvalue weighted by molar-refractivity contribution is 5.90. The Morgan fingerprint density at radius 2 is 2.00 bits per heavy atom. The molecule has 1 N–H and O–H groups in total. The SMILES string of the molecule is CC(C)(C)C1(OC(=O)CC(=O)O)CC2CCC1C2. The lowest BCUT2D eigenvalue weighted by atomic mass is 9.67. The molecule has 0 saturated heterocycles. The molecule has 2 aliphatic carbocycles. The molecule has 0 aliphatic heterocycles. The van der Waals surface area contributed by atoms with Gasteiger partial charge in [-0.2, -0.15) is 0 Å². The molecule has 4 heteroatoms. The largest absolute Gasteiger partial charge is 0.481 e. The summed E-state index contributed by atoms with van der Waals surface area (Å²) in [4.78, 5) is 22.3. The number of fused-ring (bicyclic) bond motifs is 2. The standard InChI is InChI=1S/C14H22O4/c1-13(2,3)14(18-12(17)7-11(15)16)8-9-4-5-10(14)6-9/h9-10H,4-8H2,1-3H3,(H,15,16). The first-order chi connectivity index (χ1) is 8.24. The molecule has 0 amide bonds. The zero-order valence-electron chi connectivity index (χ0n) is 11.4. The van der Waals surface area contributed by atoms with Gasteiger partial charge in [-0.15, -0.1) is 0 Å². The zero-order chi connectivity index (χ0) is 13.6. The summed E-state index contributed by atoms with van der Waals surface area (Å²) in [6, 6.07) is 0. The van der Waals surface area contributed by atoms with Gasteiger partial charge in [0.1, 0.15) is 12.0 Å². The molecule has 2 rings (SSSR count). The molecule has 18 heavy (non-hydrogen) atoms. The summed E-state index contributed by atoms with van der Waals surface area (Å²) in [5.41, 5.74) is -0.594. The van der Waals surface area contributed by atoms with Crippen LogP contribution in [0.15, 0.2) is 0 Å². The van der Waals surface area contributed by atoms with Gasteiger partial charge in [0.2, 0.25) is 0 Å². The second-order valence-electron chi connectivity index (χ2n) is 6.76. The number of hydrogen-bond acceptors (Lipinski definition) is 3. The maximum absolute atomic E-state index is 11.7. The van der Waals surface area contributed by atoms with E-state index in [1.54, 1.807) is 0 Å².